The van der Waals surface area contributed by atoms with E-state index >= 15 is 0 Å². The third kappa shape index (κ3) is 6.82. The van der Waals surface area contributed by atoms with Gasteiger partial charge in [-0.1, -0.05) is 102 Å². The summed E-state index contributed by atoms with van der Waals surface area (Å²) in [4.78, 5) is 9.74. The van der Waals surface area contributed by atoms with Gasteiger partial charge in [-0.05, 0) is 125 Å². The molecule has 3 heterocycles. The van der Waals surface area contributed by atoms with E-state index in [4.69, 9.17) is 9.72 Å². The second-order valence-electron chi connectivity index (χ2n) is 17.7. The Morgan fingerprint density at radius 3 is 1.84 bits per heavy atom. The van der Waals surface area contributed by atoms with Crippen LogP contribution in [0.15, 0.2) is 146 Å². The minimum Gasteiger partial charge on any atom is -0.457 e. The highest BCUT2D eigenvalue weighted by Crippen LogP contribution is 2.45. The van der Waals surface area contributed by atoms with Crippen LogP contribution in [-0.4, -0.2) is 16.2 Å². The van der Waals surface area contributed by atoms with Gasteiger partial charge in [0, 0.05) is 40.5 Å². The molecule has 1 aliphatic rings. The Hall–Kier alpha value is -6.33. The molecule has 0 bridgehead atoms. The van der Waals surface area contributed by atoms with E-state index in [1.165, 1.54) is 50.3 Å². The van der Waals surface area contributed by atoms with E-state index in [0.29, 0.717) is 6.67 Å². The first-order valence-electron chi connectivity index (χ1n) is 20.0. The molecule has 0 atom stereocenters. The molecular weight excluding hydrogens is 697 g/mol. The molecule has 284 valence electrons. The number of para-hydroxylation sites is 3. The molecule has 0 saturated heterocycles. The average molecular weight is 747 g/mol. The highest BCUT2D eigenvalue weighted by atomic mass is 16.5. The van der Waals surface area contributed by atoms with Crippen LogP contribution >= 0.6 is 0 Å². The average Bonchev–Trinajstić information content (AvgIpc) is 3.73. The Labute approximate surface area is 336 Å². The zero-order valence-corrected chi connectivity index (χ0v) is 34.3. The first kappa shape index (κ1) is 36.3. The lowest BCUT2D eigenvalue weighted by Gasteiger charge is -2.26. The predicted molar refractivity (Wildman–Crippen MR) is 239 cm³/mol. The molecule has 0 fully saturated rings. The maximum atomic E-state index is 6.71. The van der Waals surface area contributed by atoms with E-state index in [0.717, 1.165) is 45.0 Å². The van der Waals surface area contributed by atoms with Crippen molar-refractivity contribution < 1.29 is 4.74 Å². The zero-order valence-electron chi connectivity index (χ0n) is 34.3. The van der Waals surface area contributed by atoms with Gasteiger partial charge in [-0.2, -0.15) is 0 Å². The lowest BCUT2D eigenvalue weighted by Crippen LogP contribution is -2.24. The van der Waals surface area contributed by atoms with Crippen LogP contribution in [-0.2, 0) is 10.8 Å². The Bertz CT molecular complexity index is 2760. The van der Waals surface area contributed by atoms with E-state index in [1.54, 1.807) is 0 Å². The summed E-state index contributed by atoms with van der Waals surface area (Å²) in [5.74, 6) is 2.42. The van der Waals surface area contributed by atoms with Gasteiger partial charge in [0.1, 0.15) is 24.0 Å². The Kier molecular flexibility index (Phi) is 8.73. The zero-order chi connectivity index (χ0) is 39.6. The maximum Gasteiger partial charge on any atom is 0.138 e. The van der Waals surface area contributed by atoms with Crippen molar-refractivity contribution in [2.24, 2.45) is 0 Å². The summed E-state index contributed by atoms with van der Waals surface area (Å²) in [7, 11) is 0. The molecule has 8 aromatic rings. The summed E-state index contributed by atoms with van der Waals surface area (Å²) in [6, 6.07) is 50.2. The lowest BCUT2D eigenvalue weighted by atomic mass is 9.79. The number of aryl methyl sites for hydroxylation is 2. The van der Waals surface area contributed by atoms with Crippen LogP contribution in [0.4, 0.5) is 22.7 Å². The molecule has 5 heteroatoms. The maximum absolute atomic E-state index is 6.71. The van der Waals surface area contributed by atoms with Crippen molar-refractivity contribution in [2.75, 3.05) is 16.5 Å². The minimum absolute atomic E-state index is 0.0223. The number of pyridine rings is 1. The van der Waals surface area contributed by atoms with Crippen LogP contribution in [0.2, 0.25) is 0 Å². The summed E-state index contributed by atoms with van der Waals surface area (Å²) < 4.78 is 8.99. The number of aromatic nitrogens is 2. The number of hydrogen-bond donors (Lipinski definition) is 0. The van der Waals surface area contributed by atoms with Crippen LogP contribution in [0, 0.1) is 13.8 Å². The number of anilines is 4. The number of hydrogen-bond acceptors (Lipinski definition) is 4. The van der Waals surface area contributed by atoms with Crippen molar-refractivity contribution in [1.29, 1.82) is 0 Å². The fraction of sp³-hybridized carbons (Fsp3) is 0.212. The fourth-order valence-electron chi connectivity index (χ4n) is 8.25. The van der Waals surface area contributed by atoms with Crippen molar-refractivity contribution in [1.82, 2.24) is 9.55 Å². The summed E-state index contributed by atoms with van der Waals surface area (Å²) >= 11 is 0. The second-order valence-corrected chi connectivity index (χ2v) is 17.7. The molecule has 6 aromatic carbocycles. The monoisotopic (exact) mass is 746 g/mol. The summed E-state index contributed by atoms with van der Waals surface area (Å²) in [6.07, 6.45) is 1.94. The van der Waals surface area contributed by atoms with Gasteiger partial charge in [0.05, 0.1) is 22.4 Å². The quantitative estimate of drug-likeness (QED) is 0.170. The van der Waals surface area contributed by atoms with Crippen LogP contribution in [0.1, 0.15) is 63.8 Å². The molecule has 0 saturated carbocycles. The van der Waals surface area contributed by atoms with Gasteiger partial charge in [-0.3, -0.25) is 4.57 Å². The van der Waals surface area contributed by atoms with Crippen LogP contribution < -0.4 is 14.5 Å². The van der Waals surface area contributed by atoms with Gasteiger partial charge in [-0.15, -0.1) is 0 Å². The normalized spacial score (nSPS) is 13.1. The van der Waals surface area contributed by atoms with E-state index in [1.807, 2.05) is 12.3 Å². The third-order valence-electron chi connectivity index (χ3n) is 11.2. The predicted octanol–water partition coefficient (Wildman–Crippen LogP) is 14.1. The standard InChI is InChI=1S/C52H50N4O/c1-34-24-35(2)26-41(25-34)55-33-54(47-18-11-12-19-48(47)55)40-14-13-15-42(31-40)57-43-20-21-45-44-16-9-10-17-46(44)56(49(45)32-43)50-29-36(22-23-53-50)37-27-38(51(3,4)5)30-39(28-37)52(6,7)8/h9-32H,33H2,1-8H3. The molecule has 57 heavy (non-hydrogen) atoms. The Morgan fingerprint density at radius 2 is 1.14 bits per heavy atom. The van der Waals surface area contributed by atoms with Crippen molar-refractivity contribution in [2.45, 2.75) is 66.2 Å². The van der Waals surface area contributed by atoms with Gasteiger partial charge in [0.15, 0.2) is 0 Å². The van der Waals surface area contributed by atoms with Crippen LogP contribution in [0.25, 0.3) is 38.8 Å². The van der Waals surface area contributed by atoms with Gasteiger partial charge >= 0.3 is 0 Å². The highest BCUT2D eigenvalue weighted by Gasteiger charge is 2.28. The topological polar surface area (TPSA) is 33.5 Å². The summed E-state index contributed by atoms with van der Waals surface area (Å²) in [5, 5.41) is 2.34. The minimum atomic E-state index is 0.0223. The van der Waals surface area contributed by atoms with Gasteiger partial charge in [-0.25, -0.2) is 4.98 Å². The molecule has 0 radical (unpaired) electrons. The smallest absolute Gasteiger partial charge is 0.138 e. The SMILES string of the molecule is Cc1cc(C)cc(N2CN(c3cccc(Oc4ccc5c6ccccc6n(-c6cc(-c7cc(C(C)(C)C)cc(C(C)(C)C)c7)ccn6)c5c4)c3)c3ccccc32)c1. The first-order valence-corrected chi connectivity index (χ1v) is 20.0. The van der Waals surface area contributed by atoms with Gasteiger partial charge in [0.2, 0.25) is 0 Å². The number of fused-ring (bicyclic) bond motifs is 4. The van der Waals surface area contributed by atoms with Crippen LogP contribution in [0.3, 0.4) is 0 Å². The van der Waals surface area contributed by atoms with Crippen LogP contribution in [0.5, 0.6) is 11.5 Å². The number of ether oxygens (including phenoxy) is 1. The van der Waals surface area contributed by atoms with E-state index in [9.17, 15) is 0 Å². The third-order valence-corrected chi connectivity index (χ3v) is 11.2. The molecule has 2 aromatic heterocycles. The molecule has 9 rings (SSSR count). The summed E-state index contributed by atoms with van der Waals surface area (Å²) in [5.41, 5.74) is 14.4. The number of rotatable bonds is 6. The number of nitrogens with zero attached hydrogens (tertiary/aromatic N) is 4. The van der Waals surface area contributed by atoms with E-state index in [2.05, 4.69) is 203 Å². The number of benzene rings is 6. The van der Waals surface area contributed by atoms with Crippen molar-refractivity contribution in [3.8, 4) is 28.4 Å². The van der Waals surface area contributed by atoms with Crippen molar-refractivity contribution >= 4 is 44.6 Å². The van der Waals surface area contributed by atoms with E-state index < -0.39 is 0 Å². The molecule has 5 nitrogen and oxygen atoms in total. The molecule has 0 unspecified atom stereocenters. The van der Waals surface area contributed by atoms with Gasteiger partial charge < -0.3 is 14.5 Å². The highest BCUT2D eigenvalue weighted by molar-refractivity contribution is 6.09. The fourth-order valence-corrected chi connectivity index (χ4v) is 8.25. The molecule has 1 aliphatic heterocycles. The molecule has 0 amide bonds. The summed E-state index contributed by atoms with van der Waals surface area (Å²) in [6.45, 7) is 18.8. The Balaban J connectivity index is 1.08. The van der Waals surface area contributed by atoms with Crippen molar-refractivity contribution in [3.63, 3.8) is 0 Å². The first-order chi connectivity index (χ1) is 27.3. The molecular formula is C52H50N4O. The van der Waals surface area contributed by atoms with E-state index in [-0.39, 0.29) is 10.8 Å². The lowest BCUT2D eigenvalue weighted by molar-refractivity contribution is 0.483. The van der Waals surface area contributed by atoms with Crippen molar-refractivity contribution in [3.05, 3.63) is 168 Å². The largest absolute Gasteiger partial charge is 0.457 e. The molecule has 0 spiro atoms. The Morgan fingerprint density at radius 1 is 0.509 bits per heavy atom. The molecule has 0 aliphatic carbocycles. The molecule has 0 N–H and O–H groups in total. The second kappa shape index (κ2) is 13.7. The van der Waals surface area contributed by atoms with Gasteiger partial charge in [0.25, 0.3) is 0 Å².